The van der Waals surface area contributed by atoms with Gasteiger partial charge in [-0.3, -0.25) is 4.55 Å². The average Bonchev–Trinajstić information content (AvgIpc) is 2.90. The van der Waals surface area contributed by atoms with Gasteiger partial charge in [-0.15, -0.1) is 0 Å². The number of halogens is 9. The highest BCUT2D eigenvalue weighted by atomic mass is 32.2. The van der Waals surface area contributed by atoms with Gasteiger partial charge in [0.2, 0.25) is 0 Å². The summed E-state index contributed by atoms with van der Waals surface area (Å²) in [5.41, 5.74) is -5.46. The fourth-order valence-electron chi connectivity index (χ4n) is 4.39. The van der Waals surface area contributed by atoms with Gasteiger partial charge < -0.3 is 4.57 Å². The predicted octanol–water partition coefficient (Wildman–Crippen LogP) is 7.30. The Labute approximate surface area is 232 Å². The van der Waals surface area contributed by atoms with Gasteiger partial charge in [-0.05, 0) is 41.5 Å². The minimum atomic E-state index is -5.44. The third-order valence-electron chi connectivity index (χ3n) is 6.24. The van der Waals surface area contributed by atoms with Crippen molar-refractivity contribution in [3.05, 3.63) is 108 Å². The number of hydrogen-bond acceptors (Lipinski definition) is 3. The van der Waals surface area contributed by atoms with E-state index in [0.29, 0.717) is 30.3 Å². The molecule has 15 heteroatoms. The summed E-state index contributed by atoms with van der Waals surface area (Å²) in [5, 5.41) is -1.16. The number of alkyl halides is 9. The van der Waals surface area contributed by atoms with Crippen LogP contribution in [0, 0.1) is 0 Å². The van der Waals surface area contributed by atoms with E-state index in [1.807, 2.05) is 0 Å². The normalized spacial score (nSPS) is 13.3. The first-order valence-corrected chi connectivity index (χ1v) is 14.6. The van der Waals surface area contributed by atoms with E-state index in [4.69, 9.17) is 0 Å². The van der Waals surface area contributed by atoms with Crippen molar-refractivity contribution in [2.24, 2.45) is 0 Å². The lowest BCUT2D eigenvalue weighted by Gasteiger charge is -2.25. The molecule has 0 saturated heterocycles. The smallest absolute Gasteiger partial charge is 0.309 e. The molecule has 0 saturated carbocycles. The standard InChI is InChI=1S/C27H16F9O4PS/c28-25(29,30)16-8-12-18(13-9-16)41(37,19-14-10-17(11-15-19)26(31,32)33)22-6-2-1-4-20(22)21-5-3-7-23(42(38,39)40)24(21)27(34,35)36/h1-15H,(H,38,39,40). The molecule has 1 N–H and O–H groups in total. The quantitative estimate of drug-likeness (QED) is 0.142. The molecule has 222 valence electrons. The van der Waals surface area contributed by atoms with E-state index in [1.54, 1.807) is 0 Å². The second kappa shape index (κ2) is 10.6. The lowest BCUT2D eigenvalue weighted by atomic mass is 9.99. The van der Waals surface area contributed by atoms with Crippen molar-refractivity contribution in [2.75, 3.05) is 0 Å². The molecular weight excluding hydrogens is 622 g/mol. The highest BCUT2D eigenvalue weighted by Crippen LogP contribution is 2.48. The maximum absolute atomic E-state index is 15.0. The SMILES string of the molecule is O=P(c1ccc(C(F)(F)F)cc1)(c1ccc(C(F)(F)F)cc1)c1ccccc1-c1cccc(S(=O)(=O)O)c1C(F)(F)F. The number of rotatable bonds is 5. The molecular formula is C27H16F9O4PS. The predicted molar refractivity (Wildman–Crippen MR) is 136 cm³/mol. The summed E-state index contributed by atoms with van der Waals surface area (Å²) in [5.74, 6) is 0. The molecule has 0 aromatic heterocycles. The zero-order valence-corrected chi connectivity index (χ0v) is 22.3. The highest BCUT2D eigenvalue weighted by Gasteiger charge is 2.42. The Hall–Kier alpha value is -3.61. The van der Waals surface area contributed by atoms with Crippen LogP contribution in [0.4, 0.5) is 39.5 Å². The molecule has 0 heterocycles. The minimum absolute atomic E-state index is 0.359. The van der Waals surface area contributed by atoms with Crippen LogP contribution in [-0.4, -0.2) is 13.0 Å². The van der Waals surface area contributed by atoms with Gasteiger partial charge in [0.25, 0.3) is 10.1 Å². The summed E-state index contributed by atoms with van der Waals surface area (Å²) in [6, 6.07) is 12.2. The molecule has 0 amide bonds. The van der Waals surface area contributed by atoms with E-state index in [9.17, 15) is 57.0 Å². The van der Waals surface area contributed by atoms with Crippen LogP contribution in [0.5, 0.6) is 0 Å². The van der Waals surface area contributed by atoms with E-state index in [-0.39, 0.29) is 10.6 Å². The molecule has 0 radical (unpaired) electrons. The first-order chi connectivity index (χ1) is 19.3. The van der Waals surface area contributed by atoms with Crippen LogP contribution in [0.3, 0.4) is 0 Å². The molecule has 0 bridgehead atoms. The Bertz CT molecular complexity index is 1720. The summed E-state index contributed by atoms with van der Waals surface area (Å²) in [6.45, 7) is 0. The van der Waals surface area contributed by atoms with Crippen molar-refractivity contribution < 1.29 is 57.0 Å². The van der Waals surface area contributed by atoms with Gasteiger partial charge in [-0.1, -0.05) is 60.7 Å². The average molecular weight is 638 g/mol. The number of hydrogen-bond donors (Lipinski definition) is 1. The second-order valence-electron chi connectivity index (χ2n) is 8.87. The van der Waals surface area contributed by atoms with E-state index in [2.05, 4.69) is 0 Å². The van der Waals surface area contributed by atoms with Crippen molar-refractivity contribution in [1.29, 1.82) is 0 Å². The van der Waals surface area contributed by atoms with Crippen LogP contribution in [0.1, 0.15) is 16.7 Å². The van der Waals surface area contributed by atoms with Crippen LogP contribution < -0.4 is 15.9 Å². The van der Waals surface area contributed by atoms with Gasteiger partial charge in [0, 0.05) is 15.9 Å². The van der Waals surface area contributed by atoms with Crippen molar-refractivity contribution in [3.63, 3.8) is 0 Å². The Morgan fingerprint density at radius 2 is 0.976 bits per heavy atom. The molecule has 0 aliphatic rings. The molecule has 4 aromatic carbocycles. The van der Waals surface area contributed by atoms with Gasteiger partial charge in [-0.2, -0.15) is 47.9 Å². The maximum atomic E-state index is 15.0. The topological polar surface area (TPSA) is 71.4 Å². The summed E-state index contributed by atoms with van der Waals surface area (Å²) < 4.78 is 170. The van der Waals surface area contributed by atoms with Crippen LogP contribution in [0.25, 0.3) is 11.1 Å². The molecule has 4 rings (SSSR count). The van der Waals surface area contributed by atoms with E-state index < -0.39 is 73.8 Å². The maximum Gasteiger partial charge on any atom is 0.418 e. The van der Waals surface area contributed by atoms with Crippen molar-refractivity contribution >= 4 is 33.2 Å². The van der Waals surface area contributed by atoms with Gasteiger partial charge in [0.05, 0.1) is 16.7 Å². The van der Waals surface area contributed by atoms with E-state index in [1.165, 1.54) is 12.1 Å². The highest BCUT2D eigenvalue weighted by molar-refractivity contribution is 7.86. The molecule has 4 nitrogen and oxygen atoms in total. The Morgan fingerprint density at radius 1 is 0.548 bits per heavy atom. The molecule has 0 aliphatic heterocycles. The molecule has 0 spiro atoms. The Balaban J connectivity index is 2.10. The summed E-state index contributed by atoms with van der Waals surface area (Å²) in [6.07, 6.45) is -15.0. The first-order valence-electron chi connectivity index (χ1n) is 11.5. The zero-order chi connectivity index (χ0) is 31.3. The van der Waals surface area contributed by atoms with Crippen LogP contribution >= 0.6 is 7.14 Å². The van der Waals surface area contributed by atoms with Crippen molar-refractivity contribution in [2.45, 2.75) is 23.4 Å². The lowest BCUT2D eigenvalue weighted by Crippen LogP contribution is -2.27. The van der Waals surface area contributed by atoms with Gasteiger partial charge >= 0.3 is 18.5 Å². The van der Waals surface area contributed by atoms with Crippen LogP contribution in [-0.2, 0) is 33.2 Å². The molecule has 0 fully saturated rings. The molecule has 42 heavy (non-hydrogen) atoms. The van der Waals surface area contributed by atoms with Gasteiger partial charge in [-0.25, -0.2) is 0 Å². The van der Waals surface area contributed by atoms with Crippen LogP contribution in [0.2, 0.25) is 0 Å². The third-order valence-corrected chi connectivity index (χ3v) is 10.3. The second-order valence-corrected chi connectivity index (χ2v) is 13.0. The number of benzene rings is 4. The molecule has 4 aromatic rings. The third kappa shape index (κ3) is 5.97. The fraction of sp³-hybridized carbons (Fsp3) is 0.111. The summed E-state index contributed by atoms with van der Waals surface area (Å²) in [7, 11) is -10.0. The summed E-state index contributed by atoms with van der Waals surface area (Å²) in [4.78, 5) is -1.51. The first kappa shape index (κ1) is 31.3. The molecule has 0 unspecified atom stereocenters. The monoisotopic (exact) mass is 638 g/mol. The largest absolute Gasteiger partial charge is 0.418 e. The fourth-order valence-corrected chi connectivity index (χ4v) is 7.94. The van der Waals surface area contributed by atoms with E-state index in [0.717, 1.165) is 48.5 Å². The Kier molecular flexibility index (Phi) is 7.90. The van der Waals surface area contributed by atoms with Crippen molar-refractivity contribution in [1.82, 2.24) is 0 Å². The molecule has 0 aliphatic carbocycles. The van der Waals surface area contributed by atoms with Gasteiger partial charge in [0.1, 0.15) is 4.90 Å². The molecule has 0 atom stereocenters. The summed E-state index contributed by atoms with van der Waals surface area (Å²) >= 11 is 0. The zero-order valence-electron chi connectivity index (χ0n) is 20.6. The van der Waals surface area contributed by atoms with Crippen molar-refractivity contribution in [3.8, 4) is 11.1 Å². The lowest BCUT2D eigenvalue weighted by molar-refractivity contribution is -0.139. The van der Waals surface area contributed by atoms with E-state index >= 15 is 0 Å². The van der Waals surface area contributed by atoms with Crippen LogP contribution in [0.15, 0.2) is 95.9 Å². The Morgan fingerprint density at radius 3 is 1.38 bits per heavy atom. The minimum Gasteiger partial charge on any atom is -0.309 e. The van der Waals surface area contributed by atoms with Gasteiger partial charge in [0.15, 0.2) is 7.14 Å².